The van der Waals surface area contributed by atoms with Crippen LogP contribution in [0, 0.1) is 0 Å². The summed E-state index contributed by atoms with van der Waals surface area (Å²) in [6, 6.07) is 17.3. The molecule has 2 N–H and O–H groups in total. The number of fused-ring (bicyclic) bond motifs is 1. The number of rotatable bonds is 7. The number of nitrogens with zero attached hydrogens (tertiary/aromatic N) is 2. The van der Waals surface area contributed by atoms with Crippen LogP contribution in [0.5, 0.6) is 5.75 Å². The number of aromatic nitrogens is 1. The largest absolute Gasteiger partial charge is 0.493 e. The van der Waals surface area contributed by atoms with E-state index in [0.717, 1.165) is 29.4 Å². The fourth-order valence-corrected chi connectivity index (χ4v) is 3.92. The highest BCUT2D eigenvalue weighted by molar-refractivity contribution is 5.98. The van der Waals surface area contributed by atoms with Gasteiger partial charge in [0, 0.05) is 37.5 Å². The number of pyridine rings is 1. The van der Waals surface area contributed by atoms with E-state index in [1.54, 1.807) is 4.90 Å². The number of anilines is 1. The maximum Gasteiger partial charge on any atom is 0.433 e. The van der Waals surface area contributed by atoms with Crippen molar-refractivity contribution in [3.63, 3.8) is 0 Å². The second kappa shape index (κ2) is 10.9. The van der Waals surface area contributed by atoms with E-state index < -0.39 is 17.8 Å². The number of ether oxygens (including phenoxy) is 1. The Labute approximate surface area is 202 Å². The van der Waals surface area contributed by atoms with Crippen molar-refractivity contribution in [1.82, 2.24) is 4.98 Å². The first-order chi connectivity index (χ1) is 15.9. The molecule has 0 radical (unpaired) electrons. The zero-order valence-corrected chi connectivity index (χ0v) is 19.1. The summed E-state index contributed by atoms with van der Waals surface area (Å²) < 4.78 is 44.1. The monoisotopic (exact) mass is 491 g/mol. The summed E-state index contributed by atoms with van der Waals surface area (Å²) >= 11 is 0. The zero-order valence-electron chi connectivity index (χ0n) is 18.3. The van der Waals surface area contributed by atoms with Crippen LogP contribution in [-0.4, -0.2) is 30.6 Å². The maximum atomic E-state index is 13.6. The number of carbonyl (C=O) groups excluding carboxylic acids is 1. The van der Waals surface area contributed by atoms with Crippen LogP contribution in [0.15, 0.2) is 66.9 Å². The van der Waals surface area contributed by atoms with E-state index in [0.29, 0.717) is 24.3 Å². The Morgan fingerprint density at radius 3 is 2.53 bits per heavy atom. The van der Waals surface area contributed by atoms with Crippen LogP contribution in [0.3, 0.4) is 0 Å². The first-order valence-corrected chi connectivity index (χ1v) is 10.7. The fourth-order valence-electron chi connectivity index (χ4n) is 3.92. The second-order valence-corrected chi connectivity index (χ2v) is 7.88. The minimum atomic E-state index is -4.49. The standard InChI is InChI=1S/C25H24F3N3O2.ClH/c26-25(27,28)23-9-6-17(16-30-23)10-12-31(20-8-7-19-11-13-33-22(19)14-20)24(32)21(15-29)18-4-2-1-3-5-18;/h1-9,14,16,21H,10-13,15,29H2;1H. The van der Waals surface area contributed by atoms with Gasteiger partial charge in [0.25, 0.3) is 0 Å². The van der Waals surface area contributed by atoms with Crippen molar-refractivity contribution in [2.75, 3.05) is 24.6 Å². The van der Waals surface area contributed by atoms with Crippen molar-refractivity contribution in [2.45, 2.75) is 24.9 Å². The molecule has 9 heteroatoms. The molecule has 34 heavy (non-hydrogen) atoms. The third-order valence-electron chi connectivity index (χ3n) is 5.73. The number of nitrogens with two attached hydrogens (primary N) is 1. The predicted molar refractivity (Wildman–Crippen MR) is 126 cm³/mol. The van der Waals surface area contributed by atoms with Gasteiger partial charge in [-0.1, -0.05) is 42.5 Å². The SMILES string of the molecule is Cl.NCC(C(=O)N(CCc1ccc(C(F)(F)F)nc1)c1ccc2c(c1)OCC2)c1ccccc1. The molecule has 1 amide bonds. The molecule has 1 aromatic heterocycles. The van der Waals surface area contributed by atoms with Crippen LogP contribution in [-0.2, 0) is 23.8 Å². The molecule has 0 spiro atoms. The number of hydrogen-bond donors (Lipinski definition) is 1. The van der Waals surface area contributed by atoms with Gasteiger partial charge in [-0.2, -0.15) is 13.2 Å². The number of hydrogen-bond acceptors (Lipinski definition) is 4. The molecule has 0 fully saturated rings. The fraction of sp³-hybridized carbons (Fsp3) is 0.280. The molecule has 3 aromatic rings. The van der Waals surface area contributed by atoms with E-state index in [-0.39, 0.29) is 31.4 Å². The molecule has 2 heterocycles. The predicted octanol–water partition coefficient (Wildman–Crippen LogP) is 4.78. The molecule has 5 nitrogen and oxygen atoms in total. The first-order valence-electron chi connectivity index (χ1n) is 10.7. The molecule has 1 unspecified atom stereocenters. The molecule has 180 valence electrons. The first kappa shape index (κ1) is 25.5. The number of benzene rings is 2. The number of alkyl halides is 3. The number of halogens is 4. The van der Waals surface area contributed by atoms with Crippen LogP contribution in [0.4, 0.5) is 18.9 Å². The van der Waals surface area contributed by atoms with Crippen molar-refractivity contribution < 1.29 is 22.7 Å². The van der Waals surface area contributed by atoms with E-state index >= 15 is 0 Å². The Bertz CT molecular complexity index is 1110. The van der Waals surface area contributed by atoms with Gasteiger partial charge in [0.2, 0.25) is 5.91 Å². The van der Waals surface area contributed by atoms with E-state index in [4.69, 9.17) is 10.5 Å². The van der Waals surface area contributed by atoms with Crippen molar-refractivity contribution in [2.24, 2.45) is 5.73 Å². The topological polar surface area (TPSA) is 68.5 Å². The maximum absolute atomic E-state index is 13.6. The van der Waals surface area contributed by atoms with Crippen LogP contribution in [0.25, 0.3) is 0 Å². The smallest absolute Gasteiger partial charge is 0.433 e. The normalized spacial score (nSPS) is 13.4. The minimum Gasteiger partial charge on any atom is -0.493 e. The summed E-state index contributed by atoms with van der Waals surface area (Å²) in [5, 5.41) is 0. The van der Waals surface area contributed by atoms with Crippen molar-refractivity contribution in [3.05, 3.63) is 89.2 Å². The third-order valence-corrected chi connectivity index (χ3v) is 5.73. The minimum absolute atomic E-state index is 0. The zero-order chi connectivity index (χ0) is 23.4. The van der Waals surface area contributed by atoms with E-state index in [1.165, 1.54) is 12.3 Å². The summed E-state index contributed by atoms with van der Waals surface area (Å²) in [5.74, 6) is 0.0122. The Morgan fingerprint density at radius 1 is 1.12 bits per heavy atom. The molecule has 0 saturated heterocycles. The average molecular weight is 492 g/mol. The highest BCUT2D eigenvalue weighted by Crippen LogP contribution is 2.32. The molecular weight excluding hydrogens is 467 g/mol. The van der Waals surface area contributed by atoms with Crippen molar-refractivity contribution >= 4 is 24.0 Å². The van der Waals surface area contributed by atoms with Crippen LogP contribution in [0.1, 0.15) is 28.3 Å². The van der Waals surface area contributed by atoms with Gasteiger partial charge in [-0.05, 0) is 35.2 Å². The van der Waals surface area contributed by atoms with Crippen LogP contribution < -0.4 is 15.4 Å². The van der Waals surface area contributed by atoms with Gasteiger partial charge in [-0.15, -0.1) is 12.4 Å². The van der Waals surface area contributed by atoms with E-state index in [2.05, 4.69) is 4.98 Å². The van der Waals surface area contributed by atoms with Crippen molar-refractivity contribution in [1.29, 1.82) is 0 Å². The lowest BCUT2D eigenvalue weighted by Crippen LogP contribution is -2.39. The van der Waals surface area contributed by atoms with E-state index in [9.17, 15) is 18.0 Å². The molecule has 0 saturated carbocycles. The van der Waals surface area contributed by atoms with Gasteiger partial charge in [-0.25, -0.2) is 0 Å². The molecule has 2 aromatic carbocycles. The molecule has 0 aliphatic carbocycles. The Hall–Kier alpha value is -3.10. The third kappa shape index (κ3) is 5.69. The van der Waals surface area contributed by atoms with Gasteiger partial charge < -0.3 is 15.4 Å². The quantitative estimate of drug-likeness (QED) is 0.516. The Kier molecular flexibility index (Phi) is 8.17. The molecule has 0 bridgehead atoms. The summed E-state index contributed by atoms with van der Waals surface area (Å²) in [6.45, 7) is 0.982. The van der Waals surface area contributed by atoms with Gasteiger partial charge >= 0.3 is 6.18 Å². The molecular formula is C25H25ClF3N3O2. The molecule has 1 atom stereocenters. The van der Waals surface area contributed by atoms with Gasteiger partial charge in [-0.3, -0.25) is 9.78 Å². The summed E-state index contributed by atoms with van der Waals surface area (Å²) in [6.07, 6.45) is -2.14. The number of amides is 1. The lowest BCUT2D eigenvalue weighted by Gasteiger charge is -2.28. The Balaban J connectivity index is 0.00000324. The number of carbonyl (C=O) groups is 1. The van der Waals surface area contributed by atoms with Gasteiger partial charge in [0.1, 0.15) is 11.4 Å². The van der Waals surface area contributed by atoms with Gasteiger partial charge in [0.15, 0.2) is 0 Å². The van der Waals surface area contributed by atoms with Crippen LogP contribution >= 0.6 is 12.4 Å². The average Bonchev–Trinajstić information content (AvgIpc) is 3.28. The van der Waals surface area contributed by atoms with E-state index in [1.807, 2.05) is 48.5 Å². The highest BCUT2D eigenvalue weighted by Gasteiger charge is 2.32. The summed E-state index contributed by atoms with van der Waals surface area (Å²) in [4.78, 5) is 18.8. The summed E-state index contributed by atoms with van der Waals surface area (Å²) in [7, 11) is 0. The van der Waals surface area contributed by atoms with Crippen molar-refractivity contribution in [3.8, 4) is 5.75 Å². The lowest BCUT2D eigenvalue weighted by molar-refractivity contribution is -0.141. The Morgan fingerprint density at radius 2 is 1.88 bits per heavy atom. The van der Waals surface area contributed by atoms with Crippen LogP contribution in [0.2, 0.25) is 0 Å². The molecule has 1 aliphatic heterocycles. The highest BCUT2D eigenvalue weighted by atomic mass is 35.5. The lowest BCUT2D eigenvalue weighted by atomic mass is 9.97. The molecule has 1 aliphatic rings. The summed E-state index contributed by atoms with van der Waals surface area (Å²) in [5.41, 5.74) is 8.20. The molecule has 4 rings (SSSR count). The van der Waals surface area contributed by atoms with Gasteiger partial charge in [0.05, 0.1) is 12.5 Å². The second-order valence-electron chi connectivity index (χ2n) is 7.88.